The van der Waals surface area contributed by atoms with Gasteiger partial charge >= 0.3 is 0 Å². The summed E-state index contributed by atoms with van der Waals surface area (Å²) >= 11 is 15.4. The van der Waals surface area contributed by atoms with Crippen LogP contribution in [0.5, 0.6) is 5.75 Å². The van der Waals surface area contributed by atoms with E-state index < -0.39 is 0 Å². The van der Waals surface area contributed by atoms with Gasteiger partial charge in [0.1, 0.15) is 12.4 Å². The van der Waals surface area contributed by atoms with Crippen LogP contribution in [0.3, 0.4) is 0 Å². The minimum atomic E-state index is -0.212. The Morgan fingerprint density at radius 2 is 1.91 bits per heavy atom. The molecule has 0 saturated carbocycles. The molecule has 4 rings (SSSR count). The smallest absolute Gasteiger partial charge is 0.250 e. The number of hydrogen-bond acceptors (Lipinski definition) is 6. The Morgan fingerprint density at radius 1 is 1.09 bits per heavy atom. The van der Waals surface area contributed by atoms with Gasteiger partial charge < -0.3 is 4.74 Å². The van der Waals surface area contributed by atoms with Crippen molar-refractivity contribution in [2.24, 2.45) is 5.10 Å². The molecule has 9 heteroatoms. The van der Waals surface area contributed by atoms with Gasteiger partial charge in [0.05, 0.1) is 27.2 Å². The van der Waals surface area contributed by atoms with Crippen LogP contribution in [0.25, 0.3) is 10.2 Å². The zero-order chi connectivity index (χ0) is 22.3. The molecule has 0 unspecified atom stereocenters. The van der Waals surface area contributed by atoms with Gasteiger partial charge in [-0.1, -0.05) is 65.3 Å². The van der Waals surface area contributed by atoms with Crippen LogP contribution in [0.15, 0.2) is 76.2 Å². The molecule has 0 fully saturated rings. The SMILES string of the molecule is O=C(CSc1nc2ccccc2s1)NN=Cc1ccc(OCc2ccccc2Cl)c(Cl)c1. The summed E-state index contributed by atoms with van der Waals surface area (Å²) in [4.78, 5) is 16.6. The van der Waals surface area contributed by atoms with Crippen LogP contribution >= 0.6 is 46.3 Å². The van der Waals surface area contributed by atoms with Crippen molar-refractivity contribution < 1.29 is 9.53 Å². The predicted molar refractivity (Wildman–Crippen MR) is 133 cm³/mol. The van der Waals surface area contributed by atoms with Crippen molar-refractivity contribution in [2.75, 3.05) is 5.75 Å². The summed E-state index contributed by atoms with van der Waals surface area (Å²) in [5.74, 6) is 0.559. The van der Waals surface area contributed by atoms with Gasteiger partial charge in [-0.15, -0.1) is 11.3 Å². The van der Waals surface area contributed by atoms with Gasteiger partial charge in [-0.3, -0.25) is 4.79 Å². The van der Waals surface area contributed by atoms with Crippen LogP contribution < -0.4 is 10.2 Å². The van der Waals surface area contributed by atoms with Crippen LogP contribution in [0.2, 0.25) is 10.0 Å². The molecular weight excluding hydrogens is 485 g/mol. The highest BCUT2D eigenvalue weighted by molar-refractivity contribution is 8.01. The molecule has 32 heavy (non-hydrogen) atoms. The Labute approximate surface area is 203 Å². The molecule has 1 heterocycles. The fourth-order valence-electron chi connectivity index (χ4n) is 2.74. The summed E-state index contributed by atoms with van der Waals surface area (Å²) in [5.41, 5.74) is 5.07. The van der Waals surface area contributed by atoms with E-state index in [1.54, 1.807) is 29.5 Å². The number of fused-ring (bicyclic) bond motifs is 1. The quantitative estimate of drug-likeness (QED) is 0.172. The number of amides is 1. The lowest BCUT2D eigenvalue weighted by molar-refractivity contribution is -0.118. The zero-order valence-electron chi connectivity index (χ0n) is 16.6. The summed E-state index contributed by atoms with van der Waals surface area (Å²) < 4.78 is 7.71. The number of nitrogens with one attached hydrogen (secondary N) is 1. The van der Waals surface area contributed by atoms with Crippen molar-refractivity contribution in [3.8, 4) is 5.75 Å². The number of carbonyl (C=O) groups excluding carboxylic acids is 1. The molecule has 0 bridgehead atoms. The van der Waals surface area contributed by atoms with E-state index >= 15 is 0 Å². The number of carbonyl (C=O) groups is 1. The molecule has 0 saturated heterocycles. The maximum absolute atomic E-state index is 12.1. The van der Waals surface area contributed by atoms with Gasteiger partial charge in [-0.05, 0) is 42.0 Å². The molecule has 5 nitrogen and oxygen atoms in total. The van der Waals surface area contributed by atoms with Gasteiger partial charge in [0.25, 0.3) is 5.91 Å². The van der Waals surface area contributed by atoms with Gasteiger partial charge in [0.2, 0.25) is 0 Å². The molecule has 0 radical (unpaired) electrons. The molecule has 4 aromatic rings. The fourth-order valence-corrected chi connectivity index (χ4v) is 5.03. The monoisotopic (exact) mass is 501 g/mol. The summed E-state index contributed by atoms with van der Waals surface area (Å²) in [6.07, 6.45) is 1.53. The first-order valence-electron chi connectivity index (χ1n) is 9.54. The molecule has 0 aliphatic carbocycles. The Morgan fingerprint density at radius 3 is 2.72 bits per heavy atom. The highest BCUT2D eigenvalue weighted by Crippen LogP contribution is 2.29. The van der Waals surface area contributed by atoms with E-state index in [-0.39, 0.29) is 11.7 Å². The number of ether oxygens (including phenoxy) is 1. The van der Waals surface area contributed by atoms with Crippen molar-refractivity contribution in [2.45, 2.75) is 10.9 Å². The first-order valence-corrected chi connectivity index (χ1v) is 12.1. The van der Waals surface area contributed by atoms with Crippen LogP contribution in [0.4, 0.5) is 0 Å². The summed E-state index contributed by atoms with van der Waals surface area (Å²) in [7, 11) is 0. The first kappa shape index (κ1) is 22.6. The number of hydrazone groups is 1. The van der Waals surface area contributed by atoms with E-state index in [0.717, 1.165) is 25.7 Å². The summed E-state index contributed by atoms with van der Waals surface area (Å²) in [6.45, 7) is 0.315. The van der Waals surface area contributed by atoms with Gasteiger partial charge in [0.15, 0.2) is 4.34 Å². The highest BCUT2D eigenvalue weighted by atomic mass is 35.5. The molecule has 162 valence electrons. The lowest BCUT2D eigenvalue weighted by Gasteiger charge is -2.09. The van der Waals surface area contributed by atoms with Crippen LogP contribution in [-0.2, 0) is 11.4 Å². The Bertz CT molecular complexity index is 1240. The maximum atomic E-state index is 12.1. The number of thiazole rings is 1. The standard InChI is InChI=1S/C23H17Cl2N3O2S2/c24-17-6-2-1-5-16(17)13-30-20-10-9-15(11-18(20)25)12-26-28-22(29)14-31-23-27-19-7-3-4-8-21(19)32-23/h1-12H,13-14H2,(H,28,29). The third-order valence-electron chi connectivity index (χ3n) is 4.30. The normalized spacial score (nSPS) is 11.2. The lowest BCUT2D eigenvalue weighted by Crippen LogP contribution is -2.19. The van der Waals surface area contributed by atoms with Crippen molar-refractivity contribution >= 4 is 68.6 Å². The van der Waals surface area contributed by atoms with Crippen molar-refractivity contribution in [1.29, 1.82) is 0 Å². The average Bonchev–Trinajstić information content (AvgIpc) is 3.21. The Balaban J connectivity index is 1.26. The van der Waals surface area contributed by atoms with Crippen LogP contribution in [0, 0.1) is 0 Å². The van der Waals surface area contributed by atoms with Gasteiger partial charge in [-0.25, -0.2) is 10.4 Å². The molecule has 0 aliphatic rings. The molecule has 1 amide bonds. The fraction of sp³-hybridized carbons (Fsp3) is 0.0870. The van der Waals surface area contributed by atoms with E-state index in [0.29, 0.717) is 22.4 Å². The molecule has 1 N–H and O–H groups in total. The second-order valence-corrected chi connectivity index (χ2v) is 9.67. The third kappa shape index (κ3) is 6.01. The zero-order valence-corrected chi connectivity index (χ0v) is 19.8. The second-order valence-electron chi connectivity index (χ2n) is 6.60. The van der Waals surface area contributed by atoms with E-state index in [2.05, 4.69) is 15.5 Å². The predicted octanol–water partition coefficient (Wildman–Crippen LogP) is 6.42. The van der Waals surface area contributed by atoms with Crippen molar-refractivity contribution in [3.05, 3.63) is 87.9 Å². The van der Waals surface area contributed by atoms with Crippen LogP contribution in [-0.4, -0.2) is 22.9 Å². The highest BCUT2D eigenvalue weighted by Gasteiger charge is 2.08. The van der Waals surface area contributed by atoms with Gasteiger partial charge in [0, 0.05) is 10.6 Å². The molecular formula is C23H17Cl2N3O2S2. The third-order valence-corrected chi connectivity index (χ3v) is 7.14. The molecule has 1 aromatic heterocycles. The van der Waals surface area contributed by atoms with E-state index in [1.165, 1.54) is 18.0 Å². The Hall–Kier alpha value is -2.58. The van der Waals surface area contributed by atoms with Gasteiger partial charge in [-0.2, -0.15) is 5.10 Å². The van der Waals surface area contributed by atoms with Crippen LogP contribution in [0.1, 0.15) is 11.1 Å². The second kappa shape index (κ2) is 10.8. The first-order chi connectivity index (χ1) is 15.6. The molecule has 0 atom stereocenters. The number of aromatic nitrogens is 1. The summed E-state index contributed by atoms with van der Waals surface area (Å²) in [5, 5.41) is 5.09. The summed E-state index contributed by atoms with van der Waals surface area (Å²) in [6, 6.07) is 20.6. The number of halogens is 2. The van der Waals surface area contributed by atoms with E-state index in [9.17, 15) is 4.79 Å². The minimum Gasteiger partial charge on any atom is -0.487 e. The number of nitrogens with zero attached hydrogens (tertiary/aromatic N) is 2. The molecule has 0 spiro atoms. The lowest BCUT2D eigenvalue weighted by atomic mass is 10.2. The number of benzene rings is 3. The molecule has 0 aliphatic heterocycles. The number of hydrogen-bond donors (Lipinski definition) is 1. The van der Waals surface area contributed by atoms with E-state index in [1.807, 2.05) is 48.5 Å². The number of rotatable bonds is 8. The topological polar surface area (TPSA) is 63.6 Å². The minimum absolute atomic E-state index is 0.212. The Kier molecular flexibility index (Phi) is 7.65. The van der Waals surface area contributed by atoms with E-state index in [4.69, 9.17) is 27.9 Å². The van der Waals surface area contributed by atoms with Crippen molar-refractivity contribution in [1.82, 2.24) is 10.4 Å². The number of thioether (sulfide) groups is 1. The average molecular weight is 502 g/mol. The number of para-hydroxylation sites is 1. The maximum Gasteiger partial charge on any atom is 0.250 e. The molecule has 3 aromatic carbocycles. The van der Waals surface area contributed by atoms with Crippen molar-refractivity contribution in [3.63, 3.8) is 0 Å². The largest absolute Gasteiger partial charge is 0.487 e.